The second kappa shape index (κ2) is 9.77. The van der Waals surface area contributed by atoms with Crippen molar-refractivity contribution in [1.82, 2.24) is 20.3 Å². The van der Waals surface area contributed by atoms with Gasteiger partial charge in [0, 0.05) is 31.1 Å². The monoisotopic (exact) mass is 502 g/mol. The lowest BCUT2D eigenvalue weighted by Crippen LogP contribution is -2.31. The van der Waals surface area contributed by atoms with Gasteiger partial charge in [0.05, 0.1) is 36.6 Å². The van der Waals surface area contributed by atoms with E-state index in [1.165, 1.54) is 19.5 Å². The Kier molecular flexibility index (Phi) is 6.75. The van der Waals surface area contributed by atoms with Gasteiger partial charge in [-0.1, -0.05) is 0 Å². The minimum absolute atomic E-state index is 0.00409. The van der Waals surface area contributed by atoms with Gasteiger partial charge in [-0.2, -0.15) is 0 Å². The number of pyridine rings is 1. The van der Waals surface area contributed by atoms with Gasteiger partial charge in [0.15, 0.2) is 11.6 Å². The minimum atomic E-state index is -2.99. The molecule has 10 nitrogen and oxygen atoms in total. The molecular formula is C23H21F3N6O4. The summed E-state index contributed by atoms with van der Waals surface area (Å²) < 4.78 is 46.9. The van der Waals surface area contributed by atoms with Crippen LogP contribution < -0.4 is 20.9 Å². The van der Waals surface area contributed by atoms with Crippen LogP contribution in [0, 0.1) is 5.82 Å². The number of carbonyl (C=O) groups excluding carboxylic acids is 2. The van der Waals surface area contributed by atoms with E-state index in [4.69, 9.17) is 15.3 Å². The summed E-state index contributed by atoms with van der Waals surface area (Å²) in [5, 5.41) is 3.24. The van der Waals surface area contributed by atoms with Gasteiger partial charge in [0.2, 0.25) is 0 Å². The average molecular weight is 502 g/mol. The molecule has 3 N–H and O–H groups in total. The molecule has 0 bridgehead atoms. The zero-order valence-electron chi connectivity index (χ0n) is 19.2. The van der Waals surface area contributed by atoms with Crippen LogP contribution >= 0.6 is 0 Å². The fourth-order valence-electron chi connectivity index (χ4n) is 3.48. The normalized spacial score (nSPS) is 15.8. The molecule has 1 aromatic carbocycles. The lowest BCUT2D eigenvalue weighted by Gasteiger charge is -2.27. The molecule has 188 valence electrons. The lowest BCUT2D eigenvalue weighted by atomic mass is 10.1. The molecule has 3 aromatic rings. The number of nitrogens with one attached hydrogen (secondary N) is 1. The van der Waals surface area contributed by atoms with Crippen molar-refractivity contribution in [1.29, 1.82) is 0 Å². The smallest absolute Gasteiger partial charge is 0.270 e. The average Bonchev–Trinajstić information content (AvgIpc) is 3.47. The number of alkyl halides is 2. The number of nitrogens with two attached hydrogens (primary N) is 1. The molecule has 2 heterocycles. The molecule has 0 radical (unpaired) electrons. The number of nitrogens with zero attached hydrogens (tertiary/aromatic N) is 4. The number of benzene rings is 1. The summed E-state index contributed by atoms with van der Waals surface area (Å²) in [5.74, 6) is -5.27. The van der Waals surface area contributed by atoms with E-state index < -0.39 is 36.0 Å². The predicted octanol–water partition coefficient (Wildman–Crippen LogP) is 3.01. The van der Waals surface area contributed by atoms with Crippen LogP contribution in [-0.4, -0.2) is 52.4 Å². The maximum absolute atomic E-state index is 14.8. The van der Waals surface area contributed by atoms with Crippen molar-refractivity contribution in [2.75, 3.05) is 18.8 Å². The molecule has 0 spiro atoms. The first-order chi connectivity index (χ1) is 17.2. The summed E-state index contributed by atoms with van der Waals surface area (Å²) in [6.07, 6.45) is 3.46. The highest BCUT2D eigenvalue weighted by atomic mass is 19.3. The fourth-order valence-corrected chi connectivity index (χ4v) is 3.48. The van der Waals surface area contributed by atoms with Crippen LogP contribution in [-0.2, 0) is 4.84 Å². The number of primary amides is 1. The highest BCUT2D eigenvalue weighted by Crippen LogP contribution is 2.43. The van der Waals surface area contributed by atoms with Gasteiger partial charge >= 0.3 is 0 Å². The minimum Gasteiger partial charge on any atom is -0.494 e. The Morgan fingerprint density at radius 3 is 2.47 bits per heavy atom. The number of ether oxygens (including phenoxy) is 1. The van der Waals surface area contributed by atoms with E-state index in [-0.39, 0.29) is 46.4 Å². The predicted molar refractivity (Wildman–Crippen MR) is 121 cm³/mol. The van der Waals surface area contributed by atoms with Crippen LogP contribution in [0.2, 0.25) is 0 Å². The van der Waals surface area contributed by atoms with Crippen LogP contribution in [0.3, 0.4) is 0 Å². The molecule has 0 aliphatic heterocycles. The van der Waals surface area contributed by atoms with Crippen LogP contribution in [0.1, 0.15) is 34.2 Å². The highest BCUT2D eigenvalue weighted by molar-refractivity contribution is 6.02. The highest BCUT2D eigenvalue weighted by Gasteiger charge is 2.58. The summed E-state index contributed by atoms with van der Waals surface area (Å²) in [7, 11) is 1.34. The first-order valence-electron chi connectivity index (χ1n) is 10.7. The third-order valence-corrected chi connectivity index (χ3v) is 5.25. The maximum atomic E-state index is 14.8. The third kappa shape index (κ3) is 4.91. The summed E-state index contributed by atoms with van der Waals surface area (Å²) in [5.41, 5.74) is 5.14. The van der Waals surface area contributed by atoms with Crippen molar-refractivity contribution < 1.29 is 32.3 Å². The Labute approximate surface area is 203 Å². The molecule has 1 saturated carbocycles. The first kappa shape index (κ1) is 24.9. The summed E-state index contributed by atoms with van der Waals surface area (Å²) in [6.45, 7) is 1.67. The van der Waals surface area contributed by atoms with Crippen LogP contribution in [0.5, 0.6) is 5.75 Å². The number of methoxy groups -OCH3 is 1. The lowest BCUT2D eigenvalue weighted by molar-refractivity contribution is 0.0845. The van der Waals surface area contributed by atoms with Gasteiger partial charge < -0.3 is 15.8 Å². The second-order valence-corrected chi connectivity index (χ2v) is 7.73. The van der Waals surface area contributed by atoms with Crippen molar-refractivity contribution in [2.24, 2.45) is 5.73 Å². The number of anilines is 2. The Balaban J connectivity index is 1.85. The molecule has 13 heteroatoms. The molecule has 2 amide bonds. The molecule has 0 saturated heterocycles. The van der Waals surface area contributed by atoms with Crippen molar-refractivity contribution in [3.63, 3.8) is 0 Å². The SMILES string of the molecule is CCON(c1cc(C(=O)NC2CC2(F)F)ncc1C(N)=O)c1cc(F)cc(-c2ncccn2)c1OC. The molecular weight excluding hydrogens is 481 g/mol. The van der Waals surface area contributed by atoms with Crippen LogP contribution in [0.4, 0.5) is 24.5 Å². The van der Waals surface area contributed by atoms with Gasteiger partial charge in [-0.25, -0.2) is 28.2 Å². The second-order valence-electron chi connectivity index (χ2n) is 7.73. The number of hydrogen-bond donors (Lipinski definition) is 2. The van der Waals surface area contributed by atoms with Gasteiger partial charge in [-0.3, -0.25) is 19.4 Å². The largest absolute Gasteiger partial charge is 0.494 e. The van der Waals surface area contributed by atoms with Crippen LogP contribution in [0.25, 0.3) is 11.4 Å². The quantitative estimate of drug-likeness (QED) is 0.427. The standard InChI is InChI=1S/C23H21F3N6O4/c1-3-36-32(17-8-12(24)7-13(19(17)35-2)21-28-5-4-6-29-21)16-9-15(30-11-14(16)20(27)33)22(34)31-18-10-23(18,25)26/h4-9,11,18H,3,10H2,1-2H3,(H2,27,33)(H,31,34). The Bertz CT molecular complexity index is 1310. The molecule has 1 aliphatic rings. The molecule has 1 fully saturated rings. The number of halogens is 3. The Morgan fingerprint density at radius 2 is 1.89 bits per heavy atom. The zero-order valence-corrected chi connectivity index (χ0v) is 19.2. The third-order valence-electron chi connectivity index (χ3n) is 5.25. The molecule has 2 aromatic heterocycles. The topological polar surface area (TPSA) is 133 Å². The molecule has 1 atom stereocenters. The number of rotatable bonds is 9. The van der Waals surface area contributed by atoms with Gasteiger partial charge in [-0.05, 0) is 25.1 Å². The van der Waals surface area contributed by atoms with Crippen molar-refractivity contribution in [2.45, 2.75) is 25.3 Å². The van der Waals surface area contributed by atoms with Gasteiger partial charge in [0.25, 0.3) is 17.7 Å². The maximum Gasteiger partial charge on any atom is 0.270 e. The molecule has 1 aliphatic carbocycles. The Hall–Kier alpha value is -4.26. The van der Waals surface area contributed by atoms with Gasteiger partial charge in [-0.15, -0.1) is 0 Å². The van der Waals surface area contributed by atoms with E-state index in [1.54, 1.807) is 13.0 Å². The number of amides is 2. The first-order valence-corrected chi connectivity index (χ1v) is 10.7. The van der Waals surface area contributed by atoms with E-state index in [1.807, 2.05) is 0 Å². The van der Waals surface area contributed by atoms with Crippen molar-refractivity contribution in [3.05, 3.63) is 59.9 Å². The Morgan fingerprint density at radius 1 is 1.19 bits per heavy atom. The van der Waals surface area contributed by atoms with E-state index in [9.17, 15) is 22.8 Å². The number of carbonyl (C=O) groups is 2. The van der Waals surface area contributed by atoms with Crippen molar-refractivity contribution >= 4 is 23.2 Å². The fraction of sp³-hybridized carbons (Fsp3) is 0.261. The van der Waals surface area contributed by atoms with Crippen LogP contribution in [0.15, 0.2) is 42.9 Å². The number of hydrogen-bond acceptors (Lipinski definition) is 8. The van der Waals surface area contributed by atoms with Gasteiger partial charge in [0.1, 0.15) is 17.2 Å². The summed E-state index contributed by atoms with van der Waals surface area (Å²) >= 11 is 0. The molecule has 4 rings (SSSR count). The van der Waals surface area contributed by atoms with E-state index in [2.05, 4.69) is 20.3 Å². The van der Waals surface area contributed by atoms with E-state index >= 15 is 0 Å². The zero-order chi connectivity index (χ0) is 26.0. The summed E-state index contributed by atoms with van der Waals surface area (Å²) in [4.78, 5) is 42.6. The van der Waals surface area contributed by atoms with E-state index in [0.29, 0.717) is 0 Å². The number of aromatic nitrogens is 3. The molecule has 1 unspecified atom stereocenters. The van der Waals surface area contributed by atoms with Crippen molar-refractivity contribution in [3.8, 4) is 17.1 Å². The summed E-state index contributed by atoms with van der Waals surface area (Å²) in [6, 6.07) is 3.65. The molecule has 36 heavy (non-hydrogen) atoms. The van der Waals surface area contributed by atoms with E-state index in [0.717, 1.165) is 29.5 Å².